The van der Waals surface area contributed by atoms with E-state index in [0.717, 1.165) is 0 Å². The minimum Gasteiger partial charge on any atom is -0.507 e. The van der Waals surface area contributed by atoms with Gasteiger partial charge in [0, 0.05) is 6.07 Å². The van der Waals surface area contributed by atoms with Gasteiger partial charge in [0.1, 0.15) is 11.5 Å². The second kappa shape index (κ2) is 4.64. The smallest absolute Gasteiger partial charge is 0.134 e. The van der Waals surface area contributed by atoms with E-state index in [0.29, 0.717) is 11.3 Å². The van der Waals surface area contributed by atoms with E-state index in [9.17, 15) is 5.11 Å². The first-order valence-electron chi connectivity index (χ1n) is 3.69. The van der Waals surface area contributed by atoms with Crippen molar-refractivity contribution in [1.82, 2.24) is 0 Å². The molecule has 0 unspecified atom stereocenters. The predicted octanol–water partition coefficient (Wildman–Crippen LogP) is 1.99. The van der Waals surface area contributed by atoms with Crippen molar-refractivity contribution in [2.45, 2.75) is 0 Å². The Balaban J connectivity index is 2.98. The summed E-state index contributed by atoms with van der Waals surface area (Å²) in [6, 6.07) is 4.93. The van der Waals surface area contributed by atoms with Gasteiger partial charge in [-0.05, 0) is 12.1 Å². The van der Waals surface area contributed by atoms with Gasteiger partial charge < -0.3 is 9.84 Å². The normalized spacial score (nSPS) is 8.77. The summed E-state index contributed by atoms with van der Waals surface area (Å²) < 4.78 is 4.92. The molecule has 13 heavy (non-hydrogen) atoms. The Morgan fingerprint density at radius 2 is 2.31 bits per heavy atom. The zero-order chi connectivity index (χ0) is 9.68. The van der Waals surface area contributed by atoms with Crippen LogP contribution in [0.5, 0.6) is 11.5 Å². The van der Waals surface area contributed by atoms with Gasteiger partial charge in [-0.15, -0.1) is 11.6 Å². The number of aromatic hydroxyl groups is 1. The lowest BCUT2D eigenvalue weighted by molar-refractivity contribution is 0.407. The Bertz CT molecular complexity index is 350. The van der Waals surface area contributed by atoms with Crippen LogP contribution in [-0.4, -0.2) is 18.1 Å². The summed E-state index contributed by atoms with van der Waals surface area (Å²) in [7, 11) is 1.54. The van der Waals surface area contributed by atoms with Gasteiger partial charge in [0.2, 0.25) is 0 Å². The summed E-state index contributed by atoms with van der Waals surface area (Å²) in [5.74, 6) is 6.35. The molecule has 0 aliphatic heterocycles. The maximum absolute atomic E-state index is 9.42. The number of hydrogen-bond acceptors (Lipinski definition) is 2. The van der Waals surface area contributed by atoms with Crippen LogP contribution >= 0.6 is 11.6 Å². The summed E-state index contributed by atoms with van der Waals surface area (Å²) in [4.78, 5) is 0. The van der Waals surface area contributed by atoms with E-state index in [1.807, 2.05) is 0 Å². The Hall–Kier alpha value is -1.33. The highest BCUT2D eigenvalue weighted by Gasteiger charge is 1.98. The SMILES string of the molecule is COc1ccc(C#CCCl)c(O)c1. The van der Waals surface area contributed by atoms with Crippen LogP contribution in [0.25, 0.3) is 0 Å². The maximum atomic E-state index is 9.42. The molecule has 1 aromatic rings. The average Bonchev–Trinajstić information content (AvgIpc) is 2.16. The van der Waals surface area contributed by atoms with Gasteiger partial charge in [-0.1, -0.05) is 11.8 Å². The van der Waals surface area contributed by atoms with Crippen molar-refractivity contribution in [3.05, 3.63) is 23.8 Å². The molecular formula is C10H9ClO2. The Morgan fingerprint density at radius 3 is 2.85 bits per heavy atom. The molecule has 0 bridgehead atoms. The largest absolute Gasteiger partial charge is 0.507 e. The first kappa shape index (κ1) is 9.76. The second-order valence-electron chi connectivity index (χ2n) is 2.32. The fraction of sp³-hybridized carbons (Fsp3) is 0.200. The number of ether oxygens (including phenoxy) is 1. The fourth-order valence-corrected chi connectivity index (χ4v) is 0.940. The Kier molecular flexibility index (Phi) is 3.48. The van der Waals surface area contributed by atoms with E-state index in [-0.39, 0.29) is 11.6 Å². The van der Waals surface area contributed by atoms with Crippen molar-refractivity contribution in [2.24, 2.45) is 0 Å². The van der Waals surface area contributed by atoms with Crippen molar-refractivity contribution in [3.8, 4) is 23.3 Å². The molecule has 0 heterocycles. The number of methoxy groups -OCH3 is 1. The van der Waals surface area contributed by atoms with E-state index >= 15 is 0 Å². The molecule has 0 aromatic heterocycles. The molecule has 0 saturated carbocycles. The standard InChI is InChI=1S/C10H9ClO2/c1-13-9-5-4-8(3-2-6-11)10(12)7-9/h4-5,7,12H,6H2,1H3. The Labute approximate surface area is 82.1 Å². The van der Waals surface area contributed by atoms with Crippen molar-refractivity contribution in [1.29, 1.82) is 0 Å². The molecule has 2 nitrogen and oxygen atoms in total. The van der Waals surface area contributed by atoms with Crippen molar-refractivity contribution in [2.75, 3.05) is 13.0 Å². The molecule has 3 heteroatoms. The van der Waals surface area contributed by atoms with E-state index in [2.05, 4.69) is 11.8 Å². The van der Waals surface area contributed by atoms with E-state index < -0.39 is 0 Å². The Morgan fingerprint density at radius 1 is 1.54 bits per heavy atom. The summed E-state index contributed by atoms with van der Waals surface area (Å²) in [5, 5.41) is 9.42. The fourth-order valence-electron chi connectivity index (χ4n) is 0.873. The number of phenols is 1. The summed E-state index contributed by atoms with van der Waals surface area (Å²) in [6.07, 6.45) is 0. The summed E-state index contributed by atoms with van der Waals surface area (Å²) in [6.45, 7) is 0. The van der Waals surface area contributed by atoms with E-state index in [4.69, 9.17) is 16.3 Å². The van der Waals surface area contributed by atoms with E-state index in [1.54, 1.807) is 19.2 Å². The van der Waals surface area contributed by atoms with Crippen LogP contribution in [0.15, 0.2) is 18.2 Å². The lowest BCUT2D eigenvalue weighted by Gasteiger charge is -2.01. The first-order chi connectivity index (χ1) is 6.27. The van der Waals surface area contributed by atoms with Crippen molar-refractivity contribution < 1.29 is 9.84 Å². The third-order valence-corrected chi connectivity index (χ3v) is 1.63. The van der Waals surface area contributed by atoms with Gasteiger partial charge in [0.05, 0.1) is 18.6 Å². The molecule has 1 aromatic carbocycles. The van der Waals surface area contributed by atoms with E-state index in [1.165, 1.54) is 6.07 Å². The van der Waals surface area contributed by atoms with Crippen LogP contribution in [0.3, 0.4) is 0 Å². The van der Waals surface area contributed by atoms with Crippen LogP contribution in [0, 0.1) is 11.8 Å². The number of alkyl halides is 1. The quantitative estimate of drug-likeness (QED) is 0.550. The highest BCUT2D eigenvalue weighted by molar-refractivity contribution is 6.19. The molecule has 1 N–H and O–H groups in total. The topological polar surface area (TPSA) is 29.5 Å². The molecule has 0 aliphatic rings. The van der Waals surface area contributed by atoms with Gasteiger partial charge in [-0.2, -0.15) is 0 Å². The zero-order valence-corrected chi connectivity index (χ0v) is 7.93. The molecule has 0 radical (unpaired) electrons. The molecule has 0 spiro atoms. The van der Waals surface area contributed by atoms with Crippen LogP contribution in [0.2, 0.25) is 0 Å². The first-order valence-corrected chi connectivity index (χ1v) is 4.23. The number of phenolic OH excluding ortho intramolecular Hbond substituents is 1. The molecule has 0 atom stereocenters. The molecule has 0 amide bonds. The van der Waals surface area contributed by atoms with Crippen LogP contribution < -0.4 is 4.74 Å². The second-order valence-corrected chi connectivity index (χ2v) is 2.59. The van der Waals surface area contributed by atoms with Crippen LogP contribution in [0.4, 0.5) is 0 Å². The van der Waals surface area contributed by atoms with Gasteiger partial charge >= 0.3 is 0 Å². The summed E-state index contributed by atoms with van der Waals surface area (Å²) in [5.41, 5.74) is 0.557. The number of rotatable bonds is 1. The lowest BCUT2D eigenvalue weighted by Crippen LogP contribution is -1.83. The van der Waals surface area contributed by atoms with Crippen molar-refractivity contribution in [3.63, 3.8) is 0 Å². The average molecular weight is 197 g/mol. The lowest BCUT2D eigenvalue weighted by atomic mass is 10.2. The molecule has 0 fully saturated rings. The predicted molar refractivity (Wildman–Crippen MR) is 52.3 cm³/mol. The highest BCUT2D eigenvalue weighted by Crippen LogP contribution is 2.22. The van der Waals surface area contributed by atoms with Crippen molar-refractivity contribution >= 4 is 11.6 Å². The molecule has 0 aliphatic carbocycles. The van der Waals surface area contributed by atoms with Crippen LogP contribution in [-0.2, 0) is 0 Å². The molecule has 0 saturated heterocycles. The molecule has 68 valence electrons. The van der Waals surface area contributed by atoms with Crippen LogP contribution in [0.1, 0.15) is 5.56 Å². The highest BCUT2D eigenvalue weighted by atomic mass is 35.5. The minimum absolute atomic E-state index is 0.108. The number of benzene rings is 1. The van der Waals surface area contributed by atoms with Gasteiger partial charge in [-0.3, -0.25) is 0 Å². The van der Waals surface area contributed by atoms with Gasteiger partial charge in [0.25, 0.3) is 0 Å². The maximum Gasteiger partial charge on any atom is 0.134 e. The summed E-state index contributed by atoms with van der Waals surface area (Å²) >= 11 is 5.38. The third-order valence-electron chi connectivity index (χ3n) is 1.49. The minimum atomic E-state index is 0.108. The van der Waals surface area contributed by atoms with Gasteiger partial charge in [0.15, 0.2) is 0 Å². The molecular weight excluding hydrogens is 188 g/mol. The third kappa shape index (κ3) is 2.57. The number of hydrogen-bond donors (Lipinski definition) is 1. The molecule has 1 rings (SSSR count). The number of halogens is 1. The van der Waals surface area contributed by atoms with Gasteiger partial charge in [-0.25, -0.2) is 0 Å². The monoisotopic (exact) mass is 196 g/mol. The zero-order valence-electron chi connectivity index (χ0n) is 7.17.